The second-order valence-electron chi connectivity index (χ2n) is 6.10. The molecule has 1 fully saturated rings. The monoisotopic (exact) mass is 391 g/mol. The van der Waals surface area contributed by atoms with Gasteiger partial charge in [0.2, 0.25) is 15.6 Å². The van der Waals surface area contributed by atoms with E-state index < -0.39 is 15.9 Å². The van der Waals surface area contributed by atoms with Gasteiger partial charge >= 0.3 is 0 Å². The number of H-pyrrole nitrogens is 1. The van der Waals surface area contributed by atoms with E-state index in [0.717, 1.165) is 12.8 Å². The molecule has 1 aromatic heterocycles. The van der Waals surface area contributed by atoms with E-state index >= 15 is 0 Å². The molecule has 0 atom stereocenters. The lowest BCUT2D eigenvalue weighted by molar-refractivity contribution is 0.102. The molecule has 0 radical (unpaired) electrons. The standard InChI is InChI=1S/C18H21N3O5S/c1-2-26-15-7-6-14(20-18(23)13-5-8-17(22)19-12-13)11-16(15)27(24,25)21-9-3-4-10-21/h5-8,11-12H,2-4,9-10H2,1H3,(H,19,22)(H,20,23). The number of hydrogen-bond donors (Lipinski definition) is 2. The summed E-state index contributed by atoms with van der Waals surface area (Å²) in [5.74, 6) is -0.202. The van der Waals surface area contributed by atoms with Crippen LogP contribution in [0.25, 0.3) is 0 Å². The van der Waals surface area contributed by atoms with Gasteiger partial charge < -0.3 is 15.0 Å². The van der Waals surface area contributed by atoms with Crippen LogP contribution in [0.15, 0.2) is 46.2 Å². The molecule has 2 heterocycles. The van der Waals surface area contributed by atoms with Crippen molar-refractivity contribution in [1.82, 2.24) is 9.29 Å². The summed E-state index contributed by atoms with van der Waals surface area (Å²) < 4.78 is 32.8. The molecule has 0 spiro atoms. The number of benzene rings is 1. The van der Waals surface area contributed by atoms with Crippen molar-refractivity contribution in [3.05, 3.63) is 52.4 Å². The van der Waals surface area contributed by atoms with E-state index in [-0.39, 0.29) is 21.8 Å². The highest BCUT2D eigenvalue weighted by Crippen LogP contribution is 2.31. The minimum Gasteiger partial charge on any atom is -0.492 e. The lowest BCUT2D eigenvalue weighted by atomic mass is 10.2. The Labute approximate surface area is 157 Å². The molecule has 1 amide bonds. The number of amides is 1. The van der Waals surface area contributed by atoms with Gasteiger partial charge in [-0.25, -0.2) is 8.42 Å². The predicted molar refractivity (Wildman–Crippen MR) is 101 cm³/mol. The highest BCUT2D eigenvalue weighted by Gasteiger charge is 2.30. The van der Waals surface area contributed by atoms with Crippen molar-refractivity contribution in [2.75, 3.05) is 25.0 Å². The number of pyridine rings is 1. The molecule has 0 saturated carbocycles. The first-order chi connectivity index (χ1) is 12.9. The van der Waals surface area contributed by atoms with Gasteiger partial charge in [-0.1, -0.05) is 0 Å². The summed E-state index contributed by atoms with van der Waals surface area (Å²) in [5.41, 5.74) is 0.270. The third-order valence-corrected chi connectivity index (χ3v) is 6.15. The van der Waals surface area contributed by atoms with Crippen molar-refractivity contribution in [2.24, 2.45) is 0 Å². The van der Waals surface area contributed by atoms with Gasteiger partial charge in [0.25, 0.3) is 5.91 Å². The fourth-order valence-corrected chi connectivity index (χ4v) is 4.56. The first kappa shape index (κ1) is 19.1. The largest absolute Gasteiger partial charge is 0.492 e. The number of carbonyl (C=O) groups is 1. The SMILES string of the molecule is CCOc1ccc(NC(=O)c2ccc(=O)[nH]c2)cc1S(=O)(=O)N1CCCC1. The zero-order valence-electron chi connectivity index (χ0n) is 14.9. The number of rotatable bonds is 6. The van der Waals surface area contributed by atoms with Crippen LogP contribution in [0.5, 0.6) is 5.75 Å². The Balaban J connectivity index is 1.92. The van der Waals surface area contributed by atoms with E-state index in [9.17, 15) is 18.0 Å². The molecule has 1 saturated heterocycles. The van der Waals surface area contributed by atoms with Crippen LogP contribution in [-0.2, 0) is 10.0 Å². The molecule has 0 unspecified atom stereocenters. The van der Waals surface area contributed by atoms with Gasteiger partial charge in [-0.15, -0.1) is 0 Å². The summed E-state index contributed by atoms with van der Waals surface area (Å²) in [6, 6.07) is 7.16. The highest BCUT2D eigenvalue weighted by molar-refractivity contribution is 7.89. The summed E-state index contributed by atoms with van der Waals surface area (Å²) >= 11 is 0. The minimum atomic E-state index is -3.71. The molecular weight excluding hydrogens is 370 g/mol. The first-order valence-corrected chi connectivity index (χ1v) is 10.1. The van der Waals surface area contributed by atoms with Crippen molar-refractivity contribution in [3.8, 4) is 5.75 Å². The number of nitrogens with one attached hydrogen (secondary N) is 2. The Morgan fingerprint density at radius 3 is 2.59 bits per heavy atom. The molecule has 1 aliphatic heterocycles. The number of hydrogen-bond acceptors (Lipinski definition) is 5. The third kappa shape index (κ3) is 4.20. The fraction of sp³-hybridized carbons (Fsp3) is 0.333. The number of nitrogens with zero attached hydrogens (tertiary/aromatic N) is 1. The molecule has 0 aliphatic carbocycles. The quantitative estimate of drug-likeness (QED) is 0.781. The van der Waals surface area contributed by atoms with Gasteiger partial charge in [0.05, 0.1) is 12.2 Å². The van der Waals surface area contributed by atoms with Crippen LogP contribution in [0.1, 0.15) is 30.1 Å². The smallest absolute Gasteiger partial charge is 0.257 e. The fourth-order valence-electron chi connectivity index (χ4n) is 2.88. The van der Waals surface area contributed by atoms with Crippen LogP contribution < -0.4 is 15.6 Å². The number of ether oxygens (including phenoxy) is 1. The van der Waals surface area contributed by atoms with Gasteiger partial charge in [0, 0.05) is 31.0 Å². The van der Waals surface area contributed by atoms with Crippen molar-refractivity contribution >= 4 is 21.6 Å². The zero-order valence-corrected chi connectivity index (χ0v) is 15.7. The van der Waals surface area contributed by atoms with E-state index in [2.05, 4.69) is 10.3 Å². The summed E-state index contributed by atoms with van der Waals surface area (Å²) in [7, 11) is -3.71. The lowest BCUT2D eigenvalue weighted by Gasteiger charge is -2.19. The van der Waals surface area contributed by atoms with Crippen LogP contribution in [-0.4, -0.2) is 43.3 Å². The van der Waals surface area contributed by atoms with E-state index in [1.54, 1.807) is 13.0 Å². The summed E-state index contributed by atoms with van der Waals surface area (Å²) in [6.07, 6.45) is 2.95. The number of carbonyl (C=O) groups excluding carboxylic acids is 1. The van der Waals surface area contributed by atoms with Gasteiger partial charge in [0.1, 0.15) is 10.6 Å². The Morgan fingerprint density at radius 1 is 1.22 bits per heavy atom. The Morgan fingerprint density at radius 2 is 1.96 bits per heavy atom. The van der Waals surface area contributed by atoms with Crippen molar-refractivity contribution in [3.63, 3.8) is 0 Å². The number of anilines is 1. The minimum absolute atomic E-state index is 0.0329. The molecule has 8 nitrogen and oxygen atoms in total. The van der Waals surface area contributed by atoms with E-state index in [0.29, 0.717) is 25.4 Å². The van der Waals surface area contributed by atoms with E-state index in [4.69, 9.17) is 4.74 Å². The molecule has 1 aromatic carbocycles. The summed E-state index contributed by atoms with van der Waals surface area (Å²) in [5, 5.41) is 2.65. The molecule has 9 heteroatoms. The second kappa shape index (κ2) is 7.93. The van der Waals surface area contributed by atoms with E-state index in [1.165, 1.54) is 34.8 Å². The molecule has 3 rings (SSSR count). The Hall–Kier alpha value is -2.65. The van der Waals surface area contributed by atoms with Crippen molar-refractivity contribution < 1.29 is 17.9 Å². The van der Waals surface area contributed by atoms with Gasteiger partial charge in [-0.05, 0) is 44.0 Å². The van der Waals surface area contributed by atoms with Crippen molar-refractivity contribution in [1.29, 1.82) is 0 Å². The summed E-state index contributed by atoms with van der Waals surface area (Å²) in [6.45, 7) is 3.05. The average Bonchev–Trinajstić information content (AvgIpc) is 3.19. The van der Waals surface area contributed by atoms with Crippen LogP contribution in [0.3, 0.4) is 0 Å². The molecule has 2 N–H and O–H groups in total. The molecule has 2 aromatic rings. The third-order valence-electron chi connectivity index (χ3n) is 4.23. The molecule has 1 aliphatic rings. The van der Waals surface area contributed by atoms with Crippen LogP contribution in [0.2, 0.25) is 0 Å². The molecule has 144 valence electrons. The maximum Gasteiger partial charge on any atom is 0.257 e. The number of aromatic nitrogens is 1. The topological polar surface area (TPSA) is 109 Å². The molecule has 27 heavy (non-hydrogen) atoms. The molecule has 0 bridgehead atoms. The maximum absolute atomic E-state index is 13.0. The second-order valence-corrected chi connectivity index (χ2v) is 8.01. The molecular formula is C18H21N3O5S. The zero-order chi connectivity index (χ0) is 19.4. The Bertz CT molecular complexity index is 974. The summed E-state index contributed by atoms with van der Waals surface area (Å²) in [4.78, 5) is 25.9. The Kier molecular flexibility index (Phi) is 5.62. The van der Waals surface area contributed by atoms with Gasteiger partial charge in [-0.2, -0.15) is 4.31 Å². The van der Waals surface area contributed by atoms with E-state index in [1.807, 2.05) is 0 Å². The first-order valence-electron chi connectivity index (χ1n) is 8.69. The maximum atomic E-state index is 13.0. The highest BCUT2D eigenvalue weighted by atomic mass is 32.2. The predicted octanol–water partition coefficient (Wildman–Crippen LogP) is 1.81. The van der Waals surface area contributed by atoms with Crippen LogP contribution >= 0.6 is 0 Å². The normalized spacial score (nSPS) is 14.9. The average molecular weight is 391 g/mol. The van der Waals surface area contributed by atoms with Gasteiger partial charge in [0.15, 0.2) is 0 Å². The van der Waals surface area contributed by atoms with Crippen LogP contribution in [0, 0.1) is 0 Å². The number of aromatic amines is 1. The number of sulfonamides is 1. The van der Waals surface area contributed by atoms with Gasteiger partial charge in [-0.3, -0.25) is 9.59 Å². The van der Waals surface area contributed by atoms with Crippen molar-refractivity contribution in [2.45, 2.75) is 24.7 Å². The lowest BCUT2D eigenvalue weighted by Crippen LogP contribution is -2.28. The van der Waals surface area contributed by atoms with Crippen LogP contribution in [0.4, 0.5) is 5.69 Å².